The van der Waals surface area contributed by atoms with Gasteiger partial charge in [-0.15, -0.1) is 11.8 Å². The van der Waals surface area contributed by atoms with Crippen molar-refractivity contribution in [3.63, 3.8) is 0 Å². The lowest BCUT2D eigenvalue weighted by Gasteiger charge is -2.30. The third kappa shape index (κ3) is 4.59. The fourth-order valence-electron chi connectivity index (χ4n) is 2.15. The molecule has 9 heteroatoms. The van der Waals surface area contributed by atoms with Gasteiger partial charge >= 0.3 is 11.7 Å². The van der Waals surface area contributed by atoms with E-state index in [0.29, 0.717) is 23.3 Å². The molecule has 0 aliphatic carbocycles. The van der Waals surface area contributed by atoms with Crippen LogP contribution < -0.4 is 0 Å². The lowest BCUT2D eigenvalue weighted by atomic mass is 10.2. The average Bonchev–Trinajstić information content (AvgIpc) is 2.51. The molecule has 124 valence electrons. The van der Waals surface area contributed by atoms with Gasteiger partial charge in [-0.1, -0.05) is 17.7 Å². The Balaban J connectivity index is 2.31. The van der Waals surface area contributed by atoms with Crippen LogP contribution in [-0.2, 0) is 16.1 Å². The number of rotatable bonds is 5. The van der Waals surface area contributed by atoms with Crippen molar-refractivity contribution in [3.05, 3.63) is 49.9 Å². The molecule has 0 N–H and O–H groups in total. The van der Waals surface area contributed by atoms with Gasteiger partial charge in [-0.05, 0) is 25.0 Å². The summed E-state index contributed by atoms with van der Waals surface area (Å²) in [6, 6.07) is 3.47. The second kappa shape index (κ2) is 8.16. The van der Waals surface area contributed by atoms with Crippen LogP contribution in [0.2, 0.25) is 5.15 Å². The number of esters is 1. The van der Waals surface area contributed by atoms with Gasteiger partial charge in [0.05, 0.1) is 11.5 Å². The summed E-state index contributed by atoms with van der Waals surface area (Å²) in [7, 11) is 0. The van der Waals surface area contributed by atoms with Crippen LogP contribution in [0.4, 0.5) is 0 Å². The molecule has 7 nitrogen and oxygen atoms in total. The minimum absolute atomic E-state index is 0.0925. The van der Waals surface area contributed by atoms with Crippen molar-refractivity contribution in [1.82, 2.24) is 9.88 Å². The summed E-state index contributed by atoms with van der Waals surface area (Å²) in [4.78, 5) is 28.4. The molecular formula is C14H16ClN3O4S. The molecule has 1 aromatic heterocycles. The van der Waals surface area contributed by atoms with Crippen molar-refractivity contribution in [2.75, 3.05) is 18.9 Å². The second-order valence-electron chi connectivity index (χ2n) is 4.74. The van der Waals surface area contributed by atoms with E-state index in [1.54, 1.807) is 19.2 Å². The average molecular weight is 358 g/mol. The summed E-state index contributed by atoms with van der Waals surface area (Å²) >= 11 is 7.06. The summed E-state index contributed by atoms with van der Waals surface area (Å²) < 4.78 is 4.82. The molecule has 23 heavy (non-hydrogen) atoms. The molecular weight excluding hydrogens is 342 g/mol. The van der Waals surface area contributed by atoms with Crippen LogP contribution in [0, 0.1) is 10.1 Å². The summed E-state index contributed by atoms with van der Waals surface area (Å²) in [5, 5.41) is 12.1. The van der Waals surface area contributed by atoms with Crippen LogP contribution in [-0.4, -0.2) is 39.7 Å². The fourth-order valence-corrected chi connectivity index (χ4v) is 3.36. The van der Waals surface area contributed by atoms with E-state index >= 15 is 0 Å². The molecule has 1 aliphatic rings. The van der Waals surface area contributed by atoms with Gasteiger partial charge in [0.15, 0.2) is 5.03 Å². The monoisotopic (exact) mass is 357 g/mol. The summed E-state index contributed by atoms with van der Waals surface area (Å²) in [6.07, 6.45) is 2.50. The van der Waals surface area contributed by atoms with E-state index < -0.39 is 16.6 Å². The van der Waals surface area contributed by atoms with Crippen molar-refractivity contribution in [1.29, 1.82) is 0 Å². The number of nitro groups is 1. The number of thioether (sulfide) groups is 1. The number of hydrogen-bond acceptors (Lipinski definition) is 7. The zero-order valence-electron chi connectivity index (χ0n) is 12.5. The van der Waals surface area contributed by atoms with Crippen molar-refractivity contribution >= 4 is 29.3 Å². The lowest BCUT2D eigenvalue weighted by Crippen LogP contribution is -2.31. The van der Waals surface area contributed by atoms with Crippen LogP contribution >= 0.6 is 23.4 Å². The molecule has 0 radical (unpaired) electrons. The summed E-state index contributed by atoms with van der Waals surface area (Å²) in [5.74, 6) is -0.178. The minimum Gasteiger partial charge on any atom is -0.458 e. The minimum atomic E-state index is -0.902. The Bertz CT molecular complexity index is 621. The molecule has 2 rings (SSSR count). The normalized spacial score (nSPS) is 16.9. The number of pyridine rings is 1. The maximum Gasteiger partial charge on any atom is 0.412 e. The molecule has 0 atom stereocenters. The molecule has 2 heterocycles. The molecule has 0 saturated carbocycles. The highest BCUT2D eigenvalue weighted by Crippen LogP contribution is 2.31. The Kier molecular flexibility index (Phi) is 6.23. The van der Waals surface area contributed by atoms with E-state index in [1.807, 2.05) is 11.0 Å². The second-order valence-corrected chi connectivity index (χ2v) is 6.21. The van der Waals surface area contributed by atoms with Crippen LogP contribution in [0.25, 0.3) is 0 Å². The van der Waals surface area contributed by atoms with Crippen molar-refractivity contribution in [3.8, 4) is 0 Å². The first-order valence-corrected chi connectivity index (χ1v) is 8.43. The quantitative estimate of drug-likeness (QED) is 0.263. The van der Waals surface area contributed by atoms with E-state index in [1.165, 1.54) is 11.8 Å². The van der Waals surface area contributed by atoms with E-state index in [-0.39, 0.29) is 6.61 Å². The predicted molar refractivity (Wildman–Crippen MR) is 87.4 cm³/mol. The fraction of sp³-hybridized carbons (Fsp3) is 0.429. The van der Waals surface area contributed by atoms with Gasteiger partial charge in [0.25, 0.3) is 0 Å². The van der Waals surface area contributed by atoms with Crippen molar-refractivity contribution in [2.24, 2.45) is 0 Å². The molecule has 0 amide bonds. The van der Waals surface area contributed by atoms with Gasteiger partial charge in [0, 0.05) is 25.0 Å². The first-order chi connectivity index (χ1) is 11.0. The number of aromatic nitrogens is 1. The zero-order chi connectivity index (χ0) is 16.8. The summed E-state index contributed by atoms with van der Waals surface area (Å²) in [6.45, 7) is 2.76. The third-order valence-electron chi connectivity index (χ3n) is 3.11. The Hall–Kier alpha value is -1.80. The lowest BCUT2D eigenvalue weighted by molar-refractivity contribution is -0.422. The van der Waals surface area contributed by atoms with Gasteiger partial charge in [0.2, 0.25) is 0 Å². The van der Waals surface area contributed by atoms with Crippen LogP contribution in [0.15, 0.2) is 29.1 Å². The molecule has 0 unspecified atom stereocenters. The van der Waals surface area contributed by atoms with Gasteiger partial charge in [-0.2, -0.15) is 0 Å². The van der Waals surface area contributed by atoms with Crippen LogP contribution in [0.3, 0.4) is 0 Å². The molecule has 0 bridgehead atoms. The predicted octanol–water partition coefficient (Wildman–Crippen LogP) is 2.68. The third-order valence-corrected chi connectivity index (χ3v) is 4.56. The van der Waals surface area contributed by atoms with E-state index in [2.05, 4.69) is 4.98 Å². The number of halogens is 1. The van der Waals surface area contributed by atoms with Gasteiger partial charge < -0.3 is 9.64 Å². The first kappa shape index (κ1) is 17.6. The SMILES string of the molecule is CCOC(=O)C(=C1SCCCN1Cc1ccc(Cl)nc1)[N+](=O)[O-]. The van der Waals surface area contributed by atoms with Gasteiger partial charge in [-0.25, -0.2) is 9.78 Å². The van der Waals surface area contributed by atoms with E-state index in [9.17, 15) is 14.9 Å². The molecule has 1 aromatic rings. The Morgan fingerprint density at radius 1 is 1.57 bits per heavy atom. The Morgan fingerprint density at radius 2 is 2.35 bits per heavy atom. The number of hydrogen-bond donors (Lipinski definition) is 0. The number of ether oxygens (including phenoxy) is 1. The standard InChI is InChI=1S/C14H16ClN3O4S/c1-2-22-14(19)12(18(20)21)13-17(6-3-7-23-13)9-10-4-5-11(15)16-8-10/h4-5,8H,2-3,6-7,9H2,1H3. The number of carbonyl (C=O) groups is 1. The highest BCUT2D eigenvalue weighted by Gasteiger charge is 2.34. The molecule has 1 fully saturated rings. The smallest absolute Gasteiger partial charge is 0.412 e. The molecule has 0 spiro atoms. The number of nitrogens with zero attached hydrogens (tertiary/aromatic N) is 3. The van der Waals surface area contributed by atoms with Crippen molar-refractivity contribution in [2.45, 2.75) is 19.9 Å². The van der Waals surface area contributed by atoms with Crippen LogP contribution in [0.1, 0.15) is 18.9 Å². The maximum absolute atomic E-state index is 11.9. The summed E-state index contributed by atoms with van der Waals surface area (Å²) in [5.41, 5.74) is 0.361. The number of carbonyl (C=O) groups excluding carboxylic acids is 1. The molecule has 0 aromatic carbocycles. The van der Waals surface area contributed by atoms with Crippen molar-refractivity contribution < 1.29 is 14.5 Å². The van der Waals surface area contributed by atoms with E-state index in [0.717, 1.165) is 17.7 Å². The topological polar surface area (TPSA) is 85.6 Å². The van der Waals surface area contributed by atoms with Gasteiger partial charge in [0.1, 0.15) is 5.15 Å². The molecule has 1 saturated heterocycles. The Morgan fingerprint density at radius 3 is 2.96 bits per heavy atom. The first-order valence-electron chi connectivity index (χ1n) is 7.07. The highest BCUT2D eigenvalue weighted by molar-refractivity contribution is 8.03. The van der Waals surface area contributed by atoms with Gasteiger partial charge in [-0.3, -0.25) is 10.1 Å². The van der Waals surface area contributed by atoms with Crippen LogP contribution in [0.5, 0.6) is 0 Å². The maximum atomic E-state index is 11.9. The highest BCUT2D eigenvalue weighted by atomic mass is 35.5. The largest absolute Gasteiger partial charge is 0.458 e. The Labute approximate surface area is 142 Å². The zero-order valence-corrected chi connectivity index (χ0v) is 14.1. The van der Waals surface area contributed by atoms with E-state index in [4.69, 9.17) is 16.3 Å². The molecule has 1 aliphatic heterocycles.